The molecule has 7 nitrogen and oxygen atoms in total. The van der Waals surface area contributed by atoms with Crippen molar-refractivity contribution in [2.45, 2.75) is 62.4 Å². The Morgan fingerprint density at radius 1 is 0.864 bits per heavy atom. The van der Waals surface area contributed by atoms with E-state index in [-0.39, 0.29) is 16.5 Å². The first-order valence-electron chi connectivity index (χ1n) is 13.6. The summed E-state index contributed by atoms with van der Waals surface area (Å²) in [6.45, 7) is 0.740. The van der Waals surface area contributed by atoms with Crippen LogP contribution >= 0.6 is 0 Å². The van der Waals surface area contributed by atoms with Gasteiger partial charge < -0.3 is 10.0 Å². The van der Waals surface area contributed by atoms with Crippen molar-refractivity contribution in [2.75, 3.05) is 11.9 Å². The van der Waals surface area contributed by atoms with Crippen molar-refractivity contribution in [2.24, 2.45) is 0 Å². The SMILES string of the molecule is C[C@H](C(=O)N(Cc1ccc(C2CCCCC2)cc1)c1ccc(C(=O)O)c(F)c1)N(C)S(=O)(=O)c1c(F)c(F)c(F)c(F)c1F. The number of nitrogens with zero attached hydrogens (tertiary/aromatic N) is 2. The van der Waals surface area contributed by atoms with Crippen LogP contribution in [0.4, 0.5) is 32.0 Å². The van der Waals surface area contributed by atoms with Crippen LogP contribution in [-0.4, -0.2) is 42.8 Å². The van der Waals surface area contributed by atoms with Gasteiger partial charge in [0.15, 0.2) is 28.2 Å². The second-order valence-electron chi connectivity index (χ2n) is 10.6. The smallest absolute Gasteiger partial charge is 0.338 e. The number of carbonyl (C=O) groups is 2. The number of benzene rings is 3. The van der Waals surface area contributed by atoms with Crippen molar-refractivity contribution in [3.63, 3.8) is 0 Å². The van der Waals surface area contributed by atoms with Gasteiger partial charge in [-0.1, -0.05) is 43.5 Å². The molecule has 0 saturated heterocycles. The lowest BCUT2D eigenvalue weighted by molar-refractivity contribution is -0.121. The Kier molecular flexibility index (Phi) is 9.74. The van der Waals surface area contributed by atoms with Crippen LogP contribution in [0.2, 0.25) is 0 Å². The summed E-state index contributed by atoms with van der Waals surface area (Å²) in [5.41, 5.74) is 0.739. The van der Waals surface area contributed by atoms with Crippen molar-refractivity contribution < 1.29 is 49.5 Å². The van der Waals surface area contributed by atoms with Crippen molar-refractivity contribution in [3.8, 4) is 0 Å². The predicted molar refractivity (Wildman–Crippen MR) is 147 cm³/mol. The second-order valence-corrected chi connectivity index (χ2v) is 12.5. The number of anilines is 1. The first-order valence-corrected chi connectivity index (χ1v) is 15.0. The third kappa shape index (κ3) is 6.32. The van der Waals surface area contributed by atoms with E-state index >= 15 is 0 Å². The molecule has 0 unspecified atom stereocenters. The van der Waals surface area contributed by atoms with Crippen molar-refractivity contribution in [3.05, 3.63) is 94.1 Å². The summed E-state index contributed by atoms with van der Waals surface area (Å²) in [6, 6.07) is 8.17. The molecule has 1 atom stereocenters. The lowest BCUT2D eigenvalue weighted by atomic mass is 9.84. The molecule has 236 valence electrons. The molecule has 14 heteroatoms. The molecule has 0 bridgehead atoms. The number of hydrogen-bond acceptors (Lipinski definition) is 4. The number of carboxylic acids is 1. The Morgan fingerprint density at radius 3 is 1.93 bits per heavy atom. The zero-order valence-corrected chi connectivity index (χ0v) is 24.4. The highest BCUT2D eigenvalue weighted by atomic mass is 32.2. The molecule has 4 rings (SSSR count). The lowest BCUT2D eigenvalue weighted by Gasteiger charge is -2.31. The van der Waals surface area contributed by atoms with E-state index in [0.717, 1.165) is 67.7 Å². The van der Waals surface area contributed by atoms with Gasteiger partial charge in [0.2, 0.25) is 21.7 Å². The molecule has 0 spiro atoms. The summed E-state index contributed by atoms with van der Waals surface area (Å²) in [6.07, 6.45) is 5.43. The van der Waals surface area contributed by atoms with Gasteiger partial charge in [-0.3, -0.25) is 4.79 Å². The van der Waals surface area contributed by atoms with Crippen molar-refractivity contribution >= 4 is 27.6 Å². The third-order valence-corrected chi connectivity index (χ3v) is 9.82. The quantitative estimate of drug-likeness (QED) is 0.163. The number of carbonyl (C=O) groups excluding carboxylic acids is 1. The summed E-state index contributed by atoms with van der Waals surface area (Å²) in [5.74, 6) is -16.2. The van der Waals surface area contributed by atoms with Gasteiger partial charge in [-0.25, -0.2) is 39.6 Å². The normalized spacial score (nSPS) is 14.9. The van der Waals surface area contributed by atoms with Gasteiger partial charge in [0, 0.05) is 12.7 Å². The van der Waals surface area contributed by atoms with Crippen LogP contribution in [0.5, 0.6) is 0 Å². The fraction of sp³-hybridized carbons (Fsp3) is 0.333. The zero-order valence-electron chi connectivity index (χ0n) is 23.6. The molecule has 0 heterocycles. The largest absolute Gasteiger partial charge is 0.478 e. The Labute approximate surface area is 249 Å². The van der Waals surface area contributed by atoms with Crippen molar-refractivity contribution in [1.82, 2.24) is 4.31 Å². The monoisotopic (exact) mass is 642 g/mol. The molecule has 1 saturated carbocycles. The second kappa shape index (κ2) is 13.0. The minimum absolute atomic E-state index is 0.134. The molecule has 3 aromatic rings. The number of hydrogen-bond donors (Lipinski definition) is 1. The summed E-state index contributed by atoms with van der Waals surface area (Å²) in [4.78, 5) is 23.9. The topological polar surface area (TPSA) is 95.0 Å². The summed E-state index contributed by atoms with van der Waals surface area (Å²) in [7, 11) is -4.79. The van der Waals surface area contributed by atoms with E-state index in [1.54, 1.807) is 12.1 Å². The number of halogens is 6. The predicted octanol–water partition coefficient (Wildman–Crippen LogP) is 6.51. The Morgan fingerprint density at radius 2 is 1.41 bits per heavy atom. The van der Waals surface area contributed by atoms with Gasteiger partial charge in [0.05, 0.1) is 12.1 Å². The van der Waals surface area contributed by atoms with Gasteiger partial charge in [-0.15, -0.1) is 0 Å². The van der Waals surface area contributed by atoms with Crippen LogP contribution in [0, 0.1) is 34.9 Å². The van der Waals surface area contributed by atoms with Gasteiger partial charge >= 0.3 is 5.97 Å². The Hall–Kier alpha value is -3.91. The van der Waals surface area contributed by atoms with Crippen LogP contribution in [0.25, 0.3) is 0 Å². The van der Waals surface area contributed by atoms with E-state index in [1.807, 2.05) is 12.1 Å². The highest BCUT2D eigenvalue weighted by Gasteiger charge is 2.40. The summed E-state index contributed by atoms with van der Waals surface area (Å²) < 4.78 is 111. The minimum Gasteiger partial charge on any atom is -0.478 e. The number of aromatic carboxylic acids is 1. The van der Waals surface area contributed by atoms with E-state index in [2.05, 4.69) is 0 Å². The molecule has 0 aliphatic heterocycles. The van der Waals surface area contributed by atoms with Crippen LogP contribution in [0.1, 0.15) is 66.4 Å². The van der Waals surface area contributed by atoms with E-state index in [9.17, 15) is 49.5 Å². The maximum Gasteiger partial charge on any atom is 0.338 e. The number of carboxylic acid groups (broad SMARTS) is 1. The summed E-state index contributed by atoms with van der Waals surface area (Å²) in [5, 5.41) is 9.20. The molecule has 3 aromatic carbocycles. The highest BCUT2D eigenvalue weighted by Crippen LogP contribution is 2.34. The maximum absolute atomic E-state index is 14.7. The standard InChI is InChI=1S/C30H28F6N2O5S/c1-16(37(2)44(42,43)28-26(35)24(33)23(32)25(34)27(28)36)29(39)38(20-12-13-21(30(40)41)22(31)14-20)15-17-8-10-19(11-9-17)18-6-4-3-5-7-18/h8-14,16,18H,3-7,15H2,1-2H3,(H,40,41)/t16-/m1/s1. The van der Waals surface area contributed by atoms with Crippen LogP contribution in [0.3, 0.4) is 0 Å². The molecular weight excluding hydrogens is 614 g/mol. The molecule has 1 amide bonds. The van der Waals surface area contributed by atoms with Crippen LogP contribution < -0.4 is 4.90 Å². The Bertz CT molecular complexity index is 1670. The van der Waals surface area contributed by atoms with Gasteiger partial charge in [-0.2, -0.15) is 4.31 Å². The summed E-state index contributed by atoms with van der Waals surface area (Å²) >= 11 is 0. The van der Waals surface area contributed by atoms with Crippen LogP contribution in [0.15, 0.2) is 47.4 Å². The molecule has 44 heavy (non-hydrogen) atoms. The van der Waals surface area contributed by atoms with E-state index < -0.39 is 73.3 Å². The molecule has 1 fully saturated rings. The minimum atomic E-state index is -5.50. The molecule has 1 N–H and O–H groups in total. The third-order valence-electron chi connectivity index (χ3n) is 7.87. The lowest BCUT2D eigenvalue weighted by Crippen LogP contribution is -2.48. The molecule has 0 radical (unpaired) electrons. The first kappa shape index (κ1) is 33.0. The number of amides is 1. The fourth-order valence-corrected chi connectivity index (χ4v) is 6.63. The Balaban J connectivity index is 1.71. The highest BCUT2D eigenvalue weighted by molar-refractivity contribution is 7.89. The van der Waals surface area contributed by atoms with Crippen molar-refractivity contribution in [1.29, 1.82) is 0 Å². The van der Waals surface area contributed by atoms with Gasteiger partial charge in [0.1, 0.15) is 11.9 Å². The number of sulfonamides is 1. The molecular formula is C30H28F6N2O5S. The maximum atomic E-state index is 14.7. The number of likely N-dealkylation sites (N-methyl/N-ethyl adjacent to an activating group) is 1. The zero-order chi connectivity index (χ0) is 32.5. The van der Waals surface area contributed by atoms with Gasteiger partial charge in [0.25, 0.3) is 0 Å². The van der Waals surface area contributed by atoms with Gasteiger partial charge in [-0.05, 0) is 55.0 Å². The molecule has 1 aliphatic carbocycles. The number of rotatable bonds is 9. The van der Waals surface area contributed by atoms with E-state index in [1.165, 1.54) is 0 Å². The molecule has 1 aliphatic rings. The average molecular weight is 643 g/mol. The average Bonchev–Trinajstić information content (AvgIpc) is 3.01. The van der Waals surface area contributed by atoms with E-state index in [0.29, 0.717) is 18.5 Å². The van der Waals surface area contributed by atoms with E-state index in [4.69, 9.17) is 0 Å². The molecule has 0 aromatic heterocycles. The van der Waals surface area contributed by atoms with Crippen LogP contribution in [-0.2, 0) is 21.4 Å². The first-order chi connectivity index (χ1) is 20.7. The fourth-order valence-electron chi connectivity index (χ4n) is 5.20.